The SMILES string of the molecule is N#C/C(=C/c1ccc(N)cc1)S(=O)(=O)C(F)(F)F. The van der Waals surface area contributed by atoms with Crippen molar-refractivity contribution in [2.45, 2.75) is 5.51 Å². The number of alkyl halides is 3. The number of hydrogen-bond donors (Lipinski definition) is 1. The van der Waals surface area contributed by atoms with Crippen LogP contribution in [0.3, 0.4) is 0 Å². The molecule has 1 aromatic carbocycles. The minimum atomic E-state index is -5.63. The van der Waals surface area contributed by atoms with Crippen molar-refractivity contribution in [3.8, 4) is 6.07 Å². The average molecular weight is 276 g/mol. The summed E-state index contributed by atoms with van der Waals surface area (Å²) in [4.78, 5) is -1.36. The molecular weight excluding hydrogens is 269 g/mol. The molecule has 0 spiro atoms. The minimum Gasteiger partial charge on any atom is -0.399 e. The summed E-state index contributed by atoms with van der Waals surface area (Å²) in [5, 5.41) is 8.52. The van der Waals surface area contributed by atoms with Crippen molar-refractivity contribution >= 4 is 21.6 Å². The molecule has 4 nitrogen and oxygen atoms in total. The molecule has 0 atom stereocenters. The van der Waals surface area contributed by atoms with E-state index in [2.05, 4.69) is 0 Å². The van der Waals surface area contributed by atoms with Crippen molar-refractivity contribution in [1.29, 1.82) is 5.26 Å². The third-order valence-electron chi connectivity index (χ3n) is 1.94. The van der Waals surface area contributed by atoms with Crippen LogP contribution < -0.4 is 5.73 Å². The Kier molecular flexibility index (Phi) is 3.67. The van der Waals surface area contributed by atoms with Crippen molar-refractivity contribution in [3.63, 3.8) is 0 Å². The number of halogens is 3. The summed E-state index contributed by atoms with van der Waals surface area (Å²) in [5.74, 6) is 0. The Bertz CT molecular complexity index is 610. The second-order valence-corrected chi connectivity index (χ2v) is 5.15. The van der Waals surface area contributed by atoms with E-state index in [-0.39, 0.29) is 5.56 Å². The van der Waals surface area contributed by atoms with Crippen LogP contribution in [0.25, 0.3) is 6.08 Å². The Labute approximate surface area is 101 Å². The van der Waals surface area contributed by atoms with E-state index in [0.29, 0.717) is 11.8 Å². The van der Waals surface area contributed by atoms with Crippen LogP contribution in [0.15, 0.2) is 29.2 Å². The van der Waals surface area contributed by atoms with E-state index in [1.807, 2.05) is 0 Å². The van der Waals surface area contributed by atoms with Crippen molar-refractivity contribution in [2.24, 2.45) is 0 Å². The molecule has 0 bridgehead atoms. The maximum atomic E-state index is 12.2. The molecular formula is C10H7F3N2O2S. The number of nitriles is 1. The van der Waals surface area contributed by atoms with Gasteiger partial charge in [0.15, 0.2) is 4.91 Å². The van der Waals surface area contributed by atoms with E-state index in [1.165, 1.54) is 24.3 Å². The molecule has 0 unspecified atom stereocenters. The summed E-state index contributed by atoms with van der Waals surface area (Å²) in [6.07, 6.45) is 0.641. The topological polar surface area (TPSA) is 83.9 Å². The number of rotatable bonds is 2. The van der Waals surface area contributed by atoms with Crippen LogP contribution in [0.4, 0.5) is 18.9 Å². The van der Waals surface area contributed by atoms with Crippen molar-refractivity contribution in [1.82, 2.24) is 0 Å². The lowest BCUT2D eigenvalue weighted by Crippen LogP contribution is -2.24. The molecule has 0 saturated carbocycles. The van der Waals surface area contributed by atoms with Gasteiger partial charge < -0.3 is 5.73 Å². The molecule has 1 aromatic rings. The second-order valence-electron chi connectivity index (χ2n) is 3.24. The largest absolute Gasteiger partial charge is 0.502 e. The maximum Gasteiger partial charge on any atom is 0.502 e. The lowest BCUT2D eigenvalue weighted by Gasteiger charge is -2.06. The molecule has 96 valence electrons. The van der Waals surface area contributed by atoms with Crippen LogP contribution in [0, 0.1) is 11.3 Å². The highest BCUT2D eigenvalue weighted by Gasteiger charge is 2.48. The lowest BCUT2D eigenvalue weighted by atomic mass is 10.2. The molecule has 0 heterocycles. The number of sulfone groups is 1. The zero-order chi connectivity index (χ0) is 14.0. The third kappa shape index (κ3) is 2.81. The van der Waals surface area contributed by atoms with E-state index >= 15 is 0 Å². The first-order chi connectivity index (χ1) is 8.18. The van der Waals surface area contributed by atoms with Gasteiger partial charge in [-0.1, -0.05) is 12.1 Å². The van der Waals surface area contributed by atoms with Gasteiger partial charge in [0.2, 0.25) is 0 Å². The molecule has 8 heteroatoms. The fourth-order valence-electron chi connectivity index (χ4n) is 1.04. The number of anilines is 1. The molecule has 0 radical (unpaired) electrons. The van der Waals surface area contributed by atoms with Gasteiger partial charge in [0.05, 0.1) is 0 Å². The number of nitrogens with zero attached hydrogens (tertiary/aromatic N) is 1. The zero-order valence-corrected chi connectivity index (χ0v) is 9.59. The van der Waals surface area contributed by atoms with Gasteiger partial charge >= 0.3 is 5.51 Å². The Hall–Kier alpha value is -2.01. The zero-order valence-electron chi connectivity index (χ0n) is 8.77. The number of benzene rings is 1. The second kappa shape index (κ2) is 4.70. The van der Waals surface area contributed by atoms with E-state index in [4.69, 9.17) is 11.0 Å². The molecule has 0 saturated heterocycles. The molecule has 0 aliphatic rings. The monoisotopic (exact) mass is 276 g/mol. The van der Waals surface area contributed by atoms with Gasteiger partial charge in [-0.15, -0.1) is 0 Å². The van der Waals surface area contributed by atoms with Gasteiger partial charge in [-0.3, -0.25) is 0 Å². The first-order valence-corrected chi connectivity index (χ1v) is 5.95. The summed E-state index contributed by atoms with van der Waals surface area (Å²) in [5.41, 5.74) is 0.362. The van der Waals surface area contributed by atoms with Crippen molar-refractivity contribution in [3.05, 3.63) is 34.7 Å². The molecule has 0 aromatic heterocycles. The highest BCUT2D eigenvalue weighted by atomic mass is 32.2. The van der Waals surface area contributed by atoms with Gasteiger partial charge in [0, 0.05) is 5.69 Å². The van der Waals surface area contributed by atoms with Crippen LogP contribution in [0.1, 0.15) is 5.56 Å². The van der Waals surface area contributed by atoms with Crippen LogP contribution in [0.5, 0.6) is 0 Å². The lowest BCUT2D eigenvalue weighted by molar-refractivity contribution is -0.0425. The molecule has 0 aliphatic carbocycles. The normalized spacial score (nSPS) is 13.1. The molecule has 0 amide bonds. The number of nitrogen functional groups attached to an aromatic ring is 1. The maximum absolute atomic E-state index is 12.2. The van der Waals surface area contributed by atoms with Gasteiger partial charge in [0.1, 0.15) is 6.07 Å². The highest BCUT2D eigenvalue weighted by molar-refractivity contribution is 7.96. The molecule has 0 aliphatic heterocycles. The summed E-state index contributed by atoms with van der Waals surface area (Å²) < 4.78 is 58.7. The fraction of sp³-hybridized carbons (Fsp3) is 0.100. The Morgan fingerprint density at radius 2 is 1.78 bits per heavy atom. The van der Waals surface area contributed by atoms with Crippen LogP contribution >= 0.6 is 0 Å². The van der Waals surface area contributed by atoms with E-state index in [1.54, 1.807) is 0 Å². The number of allylic oxidation sites excluding steroid dienone is 1. The van der Waals surface area contributed by atoms with Crippen LogP contribution in [-0.2, 0) is 9.84 Å². The Morgan fingerprint density at radius 1 is 1.28 bits per heavy atom. The van der Waals surface area contributed by atoms with Crippen molar-refractivity contribution in [2.75, 3.05) is 5.73 Å². The molecule has 2 N–H and O–H groups in total. The predicted octanol–water partition coefficient (Wildman–Crippen LogP) is 2.07. The predicted molar refractivity (Wildman–Crippen MR) is 59.4 cm³/mol. The summed E-state index contributed by atoms with van der Waals surface area (Å²) in [6.45, 7) is 0. The van der Waals surface area contributed by atoms with E-state index < -0.39 is 20.3 Å². The van der Waals surface area contributed by atoms with Crippen LogP contribution in [0.2, 0.25) is 0 Å². The summed E-state index contributed by atoms with van der Waals surface area (Å²) >= 11 is 0. The Morgan fingerprint density at radius 3 is 2.17 bits per heavy atom. The summed E-state index contributed by atoms with van der Waals surface area (Å²) in [6, 6.07) is 6.39. The summed E-state index contributed by atoms with van der Waals surface area (Å²) in [7, 11) is -5.63. The van der Waals surface area contributed by atoms with Gasteiger partial charge in [-0.2, -0.15) is 18.4 Å². The average Bonchev–Trinajstić information content (AvgIpc) is 2.26. The van der Waals surface area contributed by atoms with Gasteiger partial charge in [-0.05, 0) is 23.8 Å². The smallest absolute Gasteiger partial charge is 0.399 e. The Balaban J connectivity index is 3.29. The minimum absolute atomic E-state index is 0.133. The number of hydrogen-bond acceptors (Lipinski definition) is 4. The van der Waals surface area contributed by atoms with E-state index in [9.17, 15) is 21.6 Å². The van der Waals surface area contributed by atoms with Crippen molar-refractivity contribution < 1.29 is 21.6 Å². The third-order valence-corrected chi connectivity index (χ3v) is 3.34. The number of nitrogens with two attached hydrogens (primary N) is 1. The fourth-order valence-corrected chi connectivity index (χ4v) is 1.70. The molecule has 18 heavy (non-hydrogen) atoms. The van der Waals surface area contributed by atoms with Gasteiger partial charge in [0.25, 0.3) is 9.84 Å². The first-order valence-electron chi connectivity index (χ1n) is 4.47. The first kappa shape index (κ1) is 14.1. The molecule has 0 fully saturated rings. The highest BCUT2D eigenvalue weighted by Crippen LogP contribution is 2.30. The van der Waals surface area contributed by atoms with Gasteiger partial charge in [-0.25, -0.2) is 8.42 Å². The van der Waals surface area contributed by atoms with Crippen LogP contribution in [-0.4, -0.2) is 13.9 Å². The standard InChI is InChI=1S/C10H7F3N2O2S/c11-10(12,13)18(16,17)9(6-14)5-7-1-3-8(15)4-2-7/h1-5H,15H2/b9-5-. The quantitative estimate of drug-likeness (QED) is 0.662. The van der Waals surface area contributed by atoms with E-state index in [0.717, 1.165) is 6.07 Å². The molecule has 1 rings (SSSR count).